The summed E-state index contributed by atoms with van der Waals surface area (Å²) in [6.07, 6.45) is 0. The number of thiophene rings is 1. The van der Waals surface area contributed by atoms with Gasteiger partial charge in [-0.3, -0.25) is 0 Å². The Morgan fingerprint density at radius 3 is 2.52 bits per heavy atom. The van der Waals surface area contributed by atoms with Crippen molar-refractivity contribution in [2.45, 2.75) is 13.0 Å². The standard InChI is InChI=1S/C15H15Br2NO2S/c1-2-18-15(9-5-14(17)21-8-9)10-6-12-13(7-11(10)16)20-4-3-19-12/h5-8,15,18H,2-4H2,1H3. The van der Waals surface area contributed by atoms with Crippen molar-refractivity contribution < 1.29 is 9.47 Å². The zero-order valence-corrected chi connectivity index (χ0v) is 15.5. The number of rotatable bonds is 4. The summed E-state index contributed by atoms with van der Waals surface area (Å²) in [5.41, 5.74) is 2.40. The second-order valence-corrected chi connectivity index (χ2v) is 7.84. The lowest BCUT2D eigenvalue weighted by Crippen LogP contribution is -2.23. The molecular weight excluding hydrogens is 418 g/mol. The van der Waals surface area contributed by atoms with Crippen molar-refractivity contribution in [2.24, 2.45) is 0 Å². The first-order valence-electron chi connectivity index (χ1n) is 6.75. The van der Waals surface area contributed by atoms with Crippen LogP contribution in [0.5, 0.6) is 11.5 Å². The van der Waals surface area contributed by atoms with E-state index in [1.807, 2.05) is 6.07 Å². The summed E-state index contributed by atoms with van der Waals surface area (Å²) in [5, 5.41) is 5.70. The maximum Gasteiger partial charge on any atom is 0.162 e. The molecule has 1 N–H and O–H groups in total. The number of nitrogens with one attached hydrogen (secondary N) is 1. The molecule has 0 radical (unpaired) electrons. The van der Waals surface area contributed by atoms with Crippen LogP contribution in [0.2, 0.25) is 0 Å². The van der Waals surface area contributed by atoms with Crippen LogP contribution in [0, 0.1) is 0 Å². The molecule has 2 heterocycles. The van der Waals surface area contributed by atoms with Crippen LogP contribution in [0.4, 0.5) is 0 Å². The van der Waals surface area contributed by atoms with Crippen LogP contribution in [0.3, 0.4) is 0 Å². The van der Waals surface area contributed by atoms with Crippen molar-refractivity contribution in [3.63, 3.8) is 0 Å². The smallest absolute Gasteiger partial charge is 0.162 e. The Labute approximate surface area is 144 Å². The molecular formula is C15H15Br2NO2S. The molecule has 1 aromatic carbocycles. The number of hydrogen-bond acceptors (Lipinski definition) is 4. The van der Waals surface area contributed by atoms with E-state index in [4.69, 9.17) is 9.47 Å². The van der Waals surface area contributed by atoms with E-state index in [0.717, 1.165) is 31.9 Å². The van der Waals surface area contributed by atoms with Gasteiger partial charge in [0.25, 0.3) is 0 Å². The van der Waals surface area contributed by atoms with E-state index in [1.165, 1.54) is 5.56 Å². The minimum absolute atomic E-state index is 0.128. The molecule has 0 saturated carbocycles. The second kappa shape index (κ2) is 6.69. The van der Waals surface area contributed by atoms with Crippen LogP contribution >= 0.6 is 43.2 Å². The van der Waals surface area contributed by atoms with Crippen LogP contribution in [0.1, 0.15) is 24.1 Å². The van der Waals surface area contributed by atoms with E-state index in [2.05, 4.69) is 61.6 Å². The van der Waals surface area contributed by atoms with Crippen LogP contribution in [-0.4, -0.2) is 19.8 Å². The monoisotopic (exact) mass is 431 g/mol. The molecule has 1 aromatic heterocycles. The molecule has 112 valence electrons. The fraction of sp³-hybridized carbons (Fsp3) is 0.333. The topological polar surface area (TPSA) is 30.5 Å². The lowest BCUT2D eigenvalue weighted by Gasteiger charge is -2.24. The lowest BCUT2D eigenvalue weighted by molar-refractivity contribution is 0.171. The van der Waals surface area contributed by atoms with Gasteiger partial charge in [0.2, 0.25) is 0 Å². The molecule has 0 bridgehead atoms. The van der Waals surface area contributed by atoms with Gasteiger partial charge in [0.05, 0.1) is 9.83 Å². The molecule has 0 amide bonds. The number of hydrogen-bond donors (Lipinski definition) is 1. The van der Waals surface area contributed by atoms with Gasteiger partial charge >= 0.3 is 0 Å². The van der Waals surface area contributed by atoms with Gasteiger partial charge < -0.3 is 14.8 Å². The maximum absolute atomic E-state index is 5.71. The fourth-order valence-electron chi connectivity index (χ4n) is 2.39. The van der Waals surface area contributed by atoms with Gasteiger partial charge in [0.15, 0.2) is 11.5 Å². The number of halogens is 2. The van der Waals surface area contributed by atoms with E-state index in [-0.39, 0.29) is 6.04 Å². The largest absolute Gasteiger partial charge is 0.486 e. The normalized spacial score (nSPS) is 15.0. The Kier molecular flexibility index (Phi) is 4.88. The molecule has 21 heavy (non-hydrogen) atoms. The SMILES string of the molecule is CCNC(c1csc(Br)c1)c1cc2c(cc1Br)OCCO2. The fourth-order valence-corrected chi connectivity index (χ4v) is 4.14. The lowest BCUT2D eigenvalue weighted by atomic mass is 10.0. The summed E-state index contributed by atoms with van der Waals surface area (Å²) in [5.74, 6) is 1.62. The Balaban J connectivity index is 2.02. The molecule has 0 aliphatic carbocycles. The molecule has 6 heteroatoms. The van der Waals surface area contributed by atoms with E-state index >= 15 is 0 Å². The van der Waals surface area contributed by atoms with E-state index in [1.54, 1.807) is 11.3 Å². The third kappa shape index (κ3) is 3.28. The zero-order valence-electron chi connectivity index (χ0n) is 11.5. The quantitative estimate of drug-likeness (QED) is 0.756. The van der Waals surface area contributed by atoms with Gasteiger partial charge in [-0.1, -0.05) is 22.9 Å². The van der Waals surface area contributed by atoms with E-state index < -0.39 is 0 Å². The average molecular weight is 433 g/mol. The van der Waals surface area contributed by atoms with Crippen LogP contribution < -0.4 is 14.8 Å². The molecule has 3 nitrogen and oxygen atoms in total. The molecule has 1 aliphatic heterocycles. The second-order valence-electron chi connectivity index (χ2n) is 4.69. The van der Waals surface area contributed by atoms with Crippen LogP contribution in [0.25, 0.3) is 0 Å². The molecule has 1 unspecified atom stereocenters. The first-order valence-corrected chi connectivity index (χ1v) is 9.22. The van der Waals surface area contributed by atoms with Gasteiger partial charge in [0, 0.05) is 4.47 Å². The Hall–Kier alpha value is -0.560. The van der Waals surface area contributed by atoms with Crippen LogP contribution in [0.15, 0.2) is 31.8 Å². The van der Waals surface area contributed by atoms with Gasteiger partial charge in [-0.2, -0.15) is 0 Å². The average Bonchev–Trinajstić information content (AvgIpc) is 2.91. The summed E-state index contributed by atoms with van der Waals surface area (Å²) >= 11 is 8.90. The van der Waals surface area contributed by atoms with Crippen molar-refractivity contribution in [1.29, 1.82) is 0 Å². The summed E-state index contributed by atoms with van der Waals surface area (Å²) in [7, 11) is 0. The van der Waals surface area contributed by atoms with E-state index in [9.17, 15) is 0 Å². The molecule has 1 atom stereocenters. The summed E-state index contributed by atoms with van der Waals surface area (Å²) in [4.78, 5) is 0. The Bertz CT molecular complexity index is 645. The van der Waals surface area contributed by atoms with Gasteiger partial charge in [0.1, 0.15) is 13.2 Å². The highest BCUT2D eigenvalue weighted by Gasteiger charge is 2.22. The number of benzene rings is 1. The summed E-state index contributed by atoms with van der Waals surface area (Å²) in [6, 6.07) is 6.34. The molecule has 1 aliphatic rings. The summed E-state index contributed by atoms with van der Waals surface area (Å²) < 4.78 is 13.5. The third-order valence-electron chi connectivity index (χ3n) is 3.30. The first kappa shape index (κ1) is 15.3. The molecule has 3 rings (SSSR count). The zero-order chi connectivity index (χ0) is 14.8. The predicted molar refractivity (Wildman–Crippen MR) is 92.7 cm³/mol. The maximum atomic E-state index is 5.71. The van der Waals surface area contributed by atoms with Crippen molar-refractivity contribution in [2.75, 3.05) is 19.8 Å². The predicted octanol–water partition coefficient (Wildman–Crippen LogP) is 4.74. The van der Waals surface area contributed by atoms with Crippen molar-refractivity contribution in [3.05, 3.63) is 43.0 Å². The third-order valence-corrected chi connectivity index (χ3v) is 5.51. The van der Waals surface area contributed by atoms with Gasteiger partial charge in [-0.05, 0) is 57.2 Å². The highest BCUT2D eigenvalue weighted by Crippen LogP contribution is 2.40. The highest BCUT2D eigenvalue weighted by atomic mass is 79.9. The minimum Gasteiger partial charge on any atom is -0.486 e. The molecule has 0 saturated heterocycles. The number of ether oxygens (including phenoxy) is 2. The molecule has 2 aromatic rings. The van der Waals surface area contributed by atoms with Gasteiger partial charge in [-0.15, -0.1) is 11.3 Å². The van der Waals surface area contributed by atoms with Crippen molar-refractivity contribution >= 4 is 43.2 Å². The number of fused-ring (bicyclic) bond motifs is 1. The summed E-state index contributed by atoms with van der Waals surface area (Å²) in [6.45, 7) is 4.20. The Morgan fingerprint density at radius 2 is 1.90 bits per heavy atom. The minimum atomic E-state index is 0.128. The van der Waals surface area contributed by atoms with Gasteiger partial charge in [-0.25, -0.2) is 0 Å². The van der Waals surface area contributed by atoms with Crippen LogP contribution in [-0.2, 0) is 0 Å². The Morgan fingerprint density at radius 1 is 1.19 bits per heavy atom. The molecule has 0 fully saturated rings. The highest BCUT2D eigenvalue weighted by molar-refractivity contribution is 9.11. The van der Waals surface area contributed by atoms with E-state index in [0.29, 0.717) is 13.2 Å². The van der Waals surface area contributed by atoms with Crippen molar-refractivity contribution in [3.8, 4) is 11.5 Å². The first-order chi connectivity index (χ1) is 10.2. The molecule has 0 spiro atoms. The van der Waals surface area contributed by atoms with Crippen molar-refractivity contribution in [1.82, 2.24) is 5.32 Å².